The molecule has 42 heavy (non-hydrogen) atoms. The molecule has 1 N–H and O–H groups in total. The molecule has 3 heterocycles. The van der Waals surface area contributed by atoms with Crippen LogP contribution in [0.3, 0.4) is 0 Å². The topological polar surface area (TPSA) is 71.5 Å². The van der Waals surface area contributed by atoms with Crippen LogP contribution in [0.5, 0.6) is 0 Å². The molecule has 216 valence electrons. The van der Waals surface area contributed by atoms with Crippen LogP contribution in [0.25, 0.3) is 22.2 Å². The Morgan fingerprint density at radius 3 is 2.38 bits per heavy atom. The lowest BCUT2D eigenvalue weighted by Gasteiger charge is -2.48. The number of ether oxygens (including phenoxy) is 1. The molecule has 2 aliphatic rings. The number of aryl methyl sites for hydroxylation is 1. The Morgan fingerprint density at radius 2 is 1.62 bits per heavy atom. The summed E-state index contributed by atoms with van der Waals surface area (Å²) < 4.78 is 5.82. The maximum absolute atomic E-state index is 14.2. The second-order valence-corrected chi connectivity index (χ2v) is 11.6. The van der Waals surface area contributed by atoms with Crippen LogP contribution < -0.4 is 5.32 Å². The summed E-state index contributed by atoms with van der Waals surface area (Å²) in [7, 11) is 0. The minimum absolute atomic E-state index is 0.0824. The lowest BCUT2D eigenvalue weighted by atomic mass is 9.78. The Hall–Kier alpha value is -4.03. The van der Waals surface area contributed by atoms with Crippen LogP contribution in [0, 0.1) is 0 Å². The van der Waals surface area contributed by atoms with E-state index in [1.165, 1.54) is 5.56 Å². The zero-order valence-electron chi connectivity index (χ0n) is 24.2. The number of carbonyl (C=O) groups excluding carboxylic acids is 2. The molecule has 0 radical (unpaired) electrons. The number of hydrogen-bond donors (Lipinski definition) is 1. The predicted molar refractivity (Wildman–Crippen MR) is 166 cm³/mol. The van der Waals surface area contributed by atoms with Crippen molar-refractivity contribution in [2.24, 2.45) is 0 Å². The Labute approximate surface area is 248 Å². The van der Waals surface area contributed by atoms with E-state index in [4.69, 9.17) is 9.72 Å². The third kappa shape index (κ3) is 5.95. The van der Waals surface area contributed by atoms with Gasteiger partial charge < -0.3 is 15.0 Å². The summed E-state index contributed by atoms with van der Waals surface area (Å²) in [5, 5.41) is 4.09. The molecule has 0 atom stereocenters. The first-order valence-corrected chi connectivity index (χ1v) is 15.3. The van der Waals surface area contributed by atoms with Crippen LogP contribution in [-0.4, -0.2) is 53.5 Å². The molecule has 1 aromatic heterocycles. The van der Waals surface area contributed by atoms with E-state index in [9.17, 15) is 9.59 Å². The van der Waals surface area contributed by atoms with Crippen molar-refractivity contribution in [2.45, 2.75) is 56.9 Å². The molecule has 2 aliphatic heterocycles. The van der Waals surface area contributed by atoms with Gasteiger partial charge in [-0.3, -0.25) is 9.59 Å². The minimum atomic E-state index is -0.411. The molecule has 3 aromatic carbocycles. The van der Waals surface area contributed by atoms with Crippen molar-refractivity contribution in [1.82, 2.24) is 15.2 Å². The van der Waals surface area contributed by atoms with Gasteiger partial charge in [0, 0.05) is 43.7 Å². The summed E-state index contributed by atoms with van der Waals surface area (Å²) in [6.07, 6.45) is 6.34. The molecule has 6 nitrogen and oxygen atoms in total. The van der Waals surface area contributed by atoms with E-state index >= 15 is 0 Å². The van der Waals surface area contributed by atoms with Crippen LogP contribution in [0.1, 0.15) is 60.0 Å². The predicted octanol–water partition coefficient (Wildman–Crippen LogP) is 6.37. The number of nitrogens with one attached hydrogen (secondary N) is 1. The Morgan fingerprint density at radius 1 is 0.905 bits per heavy atom. The van der Waals surface area contributed by atoms with E-state index in [2.05, 4.69) is 34.5 Å². The number of para-hydroxylation sites is 1. The fourth-order valence-corrected chi connectivity index (χ4v) is 6.68. The molecule has 0 spiro atoms. The summed E-state index contributed by atoms with van der Waals surface area (Å²) in [5.41, 5.74) is 5.04. The second-order valence-electron chi connectivity index (χ2n) is 11.6. The van der Waals surface area contributed by atoms with Gasteiger partial charge in [0.1, 0.15) is 0 Å². The molecule has 0 saturated carbocycles. The number of likely N-dealkylation sites (tertiary alicyclic amines) is 1. The number of piperidine rings is 1. The van der Waals surface area contributed by atoms with Crippen LogP contribution >= 0.6 is 0 Å². The highest BCUT2D eigenvalue weighted by atomic mass is 16.5. The standard InChI is InChI=1S/C36H39N3O3/c40-32-19-9-10-23-39(32)36(20-24-42-25-21-36)26-30-33(35(41)37-22-11-14-27-12-3-1-4-13-27)29-17-7-8-18-31(29)38-34(30)28-15-5-2-6-16-28/h1-8,12-13,15-18H,9-11,14,19-26H2,(H,37,41). The third-order valence-electron chi connectivity index (χ3n) is 8.86. The number of amides is 2. The summed E-state index contributed by atoms with van der Waals surface area (Å²) in [4.78, 5) is 34.9. The Bertz CT molecular complexity index is 1530. The molecular formula is C36H39N3O3. The van der Waals surface area contributed by atoms with Crippen molar-refractivity contribution in [3.63, 3.8) is 0 Å². The number of aromatic nitrogens is 1. The average Bonchev–Trinajstić information content (AvgIpc) is 3.04. The van der Waals surface area contributed by atoms with Crippen LogP contribution in [-0.2, 0) is 22.4 Å². The number of hydrogen-bond acceptors (Lipinski definition) is 4. The van der Waals surface area contributed by atoms with Gasteiger partial charge in [0.15, 0.2) is 0 Å². The number of carbonyl (C=O) groups is 2. The number of pyridine rings is 1. The van der Waals surface area contributed by atoms with E-state index in [1.54, 1.807) is 0 Å². The van der Waals surface area contributed by atoms with Crippen LogP contribution in [0.15, 0.2) is 84.9 Å². The maximum atomic E-state index is 14.2. The van der Waals surface area contributed by atoms with Crippen molar-refractivity contribution in [3.8, 4) is 11.3 Å². The third-order valence-corrected chi connectivity index (χ3v) is 8.86. The van der Waals surface area contributed by atoms with Gasteiger partial charge in [0.05, 0.1) is 22.3 Å². The summed E-state index contributed by atoms with van der Waals surface area (Å²) >= 11 is 0. The first-order chi connectivity index (χ1) is 20.6. The Balaban J connectivity index is 1.43. The van der Waals surface area contributed by atoms with E-state index in [-0.39, 0.29) is 11.8 Å². The zero-order valence-corrected chi connectivity index (χ0v) is 24.2. The van der Waals surface area contributed by atoms with Crippen molar-refractivity contribution in [2.75, 3.05) is 26.3 Å². The maximum Gasteiger partial charge on any atom is 0.252 e. The first-order valence-electron chi connectivity index (χ1n) is 15.3. The number of rotatable bonds is 9. The van der Waals surface area contributed by atoms with Gasteiger partial charge >= 0.3 is 0 Å². The van der Waals surface area contributed by atoms with Gasteiger partial charge in [-0.1, -0.05) is 78.9 Å². The van der Waals surface area contributed by atoms with E-state index < -0.39 is 5.54 Å². The quantitative estimate of drug-likeness (QED) is 0.241. The molecule has 4 aromatic rings. The molecule has 0 bridgehead atoms. The molecule has 6 rings (SSSR count). The molecule has 2 amide bonds. The lowest BCUT2D eigenvalue weighted by molar-refractivity contribution is -0.145. The molecule has 0 aliphatic carbocycles. The number of benzene rings is 3. The van der Waals surface area contributed by atoms with Crippen molar-refractivity contribution < 1.29 is 14.3 Å². The van der Waals surface area contributed by atoms with Gasteiger partial charge in [-0.2, -0.15) is 0 Å². The van der Waals surface area contributed by atoms with Crippen molar-refractivity contribution in [1.29, 1.82) is 0 Å². The molecule has 2 saturated heterocycles. The fraction of sp³-hybridized carbons (Fsp3) is 0.361. The summed E-state index contributed by atoms with van der Waals surface area (Å²) in [5.74, 6) is 0.131. The van der Waals surface area contributed by atoms with E-state index in [0.717, 1.165) is 72.8 Å². The van der Waals surface area contributed by atoms with Gasteiger partial charge in [0.25, 0.3) is 5.91 Å². The molecule has 2 fully saturated rings. The smallest absolute Gasteiger partial charge is 0.252 e. The fourth-order valence-electron chi connectivity index (χ4n) is 6.68. The van der Waals surface area contributed by atoms with Crippen LogP contribution in [0.2, 0.25) is 0 Å². The first kappa shape index (κ1) is 28.1. The monoisotopic (exact) mass is 561 g/mol. The molecule has 0 unspecified atom stereocenters. The molecular weight excluding hydrogens is 522 g/mol. The highest BCUT2D eigenvalue weighted by Crippen LogP contribution is 2.39. The zero-order chi connectivity index (χ0) is 28.8. The van der Waals surface area contributed by atoms with E-state index in [1.807, 2.05) is 60.7 Å². The number of fused-ring (bicyclic) bond motifs is 1. The second kappa shape index (κ2) is 12.9. The van der Waals surface area contributed by atoms with Crippen molar-refractivity contribution in [3.05, 3.63) is 102 Å². The average molecular weight is 562 g/mol. The summed E-state index contributed by atoms with van der Waals surface area (Å²) in [6, 6.07) is 28.4. The van der Waals surface area contributed by atoms with Gasteiger partial charge in [-0.05, 0) is 62.1 Å². The summed E-state index contributed by atoms with van der Waals surface area (Å²) in [6.45, 7) is 2.54. The highest BCUT2D eigenvalue weighted by molar-refractivity contribution is 6.09. The Kier molecular flexibility index (Phi) is 8.61. The van der Waals surface area contributed by atoms with E-state index in [0.29, 0.717) is 38.2 Å². The normalized spacial score (nSPS) is 16.9. The minimum Gasteiger partial charge on any atom is -0.381 e. The van der Waals surface area contributed by atoms with Gasteiger partial charge in [0.2, 0.25) is 5.91 Å². The SMILES string of the molecule is O=C(NCCCc1ccccc1)c1c(CC2(N3CCCCC3=O)CCOCC2)c(-c2ccccc2)nc2ccccc12. The van der Waals surface area contributed by atoms with Crippen LogP contribution in [0.4, 0.5) is 0 Å². The van der Waals surface area contributed by atoms with Gasteiger partial charge in [-0.15, -0.1) is 0 Å². The highest BCUT2D eigenvalue weighted by Gasteiger charge is 2.43. The van der Waals surface area contributed by atoms with Crippen molar-refractivity contribution >= 4 is 22.7 Å². The lowest BCUT2D eigenvalue weighted by Crippen LogP contribution is -2.57. The van der Waals surface area contributed by atoms with Gasteiger partial charge in [-0.25, -0.2) is 4.98 Å². The molecule has 6 heteroatoms. The number of nitrogens with zero attached hydrogens (tertiary/aromatic N) is 2. The largest absolute Gasteiger partial charge is 0.381 e.